The Morgan fingerprint density at radius 2 is 1.95 bits per heavy atom. The van der Waals surface area contributed by atoms with Crippen LogP contribution >= 0.6 is 11.3 Å². The predicted molar refractivity (Wildman–Crippen MR) is 78.8 cm³/mol. The molecule has 0 aliphatic carbocycles. The van der Waals surface area contributed by atoms with Crippen LogP contribution in [0.15, 0.2) is 54.9 Å². The second-order valence-electron chi connectivity index (χ2n) is 4.12. The molecule has 0 unspecified atom stereocenters. The summed E-state index contributed by atoms with van der Waals surface area (Å²) in [6.07, 6.45) is 3.18. The molecule has 104 valence electrons. The standard InChI is InChI=1S/C15H10N2O3S/c18-14(19)13-12(10-5-2-1-3-6-10)17-15(21-13)20-11-7-4-8-16-9-11/h1-9H,(H,18,19). The van der Waals surface area contributed by atoms with E-state index in [0.29, 0.717) is 11.4 Å². The Kier molecular flexibility index (Phi) is 3.61. The van der Waals surface area contributed by atoms with Gasteiger partial charge in [-0.1, -0.05) is 41.7 Å². The summed E-state index contributed by atoms with van der Waals surface area (Å²) in [6.45, 7) is 0. The van der Waals surface area contributed by atoms with Gasteiger partial charge in [0.05, 0.1) is 11.9 Å². The van der Waals surface area contributed by atoms with E-state index in [4.69, 9.17) is 4.74 Å². The predicted octanol–water partition coefficient (Wildman–Crippen LogP) is 3.70. The molecular weight excluding hydrogens is 288 g/mol. The van der Waals surface area contributed by atoms with Crippen molar-refractivity contribution in [2.45, 2.75) is 0 Å². The van der Waals surface area contributed by atoms with Crippen molar-refractivity contribution < 1.29 is 14.6 Å². The number of aromatic nitrogens is 2. The molecule has 6 heteroatoms. The number of pyridine rings is 1. The number of nitrogens with zero attached hydrogens (tertiary/aromatic N) is 2. The Labute approximate surface area is 124 Å². The van der Waals surface area contributed by atoms with Gasteiger partial charge in [0.1, 0.15) is 10.6 Å². The van der Waals surface area contributed by atoms with Crippen molar-refractivity contribution in [3.8, 4) is 22.2 Å². The highest BCUT2D eigenvalue weighted by Gasteiger charge is 2.19. The van der Waals surface area contributed by atoms with E-state index in [0.717, 1.165) is 16.9 Å². The molecule has 21 heavy (non-hydrogen) atoms. The first-order chi connectivity index (χ1) is 10.2. The Morgan fingerprint density at radius 1 is 1.14 bits per heavy atom. The summed E-state index contributed by atoms with van der Waals surface area (Å²) in [4.78, 5) is 19.7. The number of carbonyl (C=O) groups is 1. The van der Waals surface area contributed by atoms with Crippen LogP contribution in [0.4, 0.5) is 0 Å². The normalized spacial score (nSPS) is 10.3. The molecule has 0 bridgehead atoms. The third kappa shape index (κ3) is 2.90. The minimum atomic E-state index is -1.02. The molecule has 1 aromatic carbocycles. The fourth-order valence-corrected chi connectivity index (χ4v) is 2.59. The first kappa shape index (κ1) is 13.3. The van der Waals surface area contributed by atoms with Gasteiger partial charge in [-0.15, -0.1) is 0 Å². The Bertz CT molecular complexity index is 757. The largest absolute Gasteiger partial charge is 0.477 e. The maximum atomic E-state index is 11.4. The molecule has 3 rings (SSSR count). The van der Waals surface area contributed by atoms with Crippen LogP contribution in [0.5, 0.6) is 10.9 Å². The Morgan fingerprint density at radius 3 is 2.62 bits per heavy atom. The molecule has 1 N–H and O–H groups in total. The zero-order valence-electron chi connectivity index (χ0n) is 10.8. The minimum Gasteiger partial charge on any atom is -0.477 e. The van der Waals surface area contributed by atoms with E-state index in [1.54, 1.807) is 24.5 Å². The van der Waals surface area contributed by atoms with Crippen molar-refractivity contribution in [3.05, 3.63) is 59.7 Å². The molecule has 0 saturated heterocycles. The average molecular weight is 298 g/mol. The molecule has 0 aliphatic rings. The van der Waals surface area contributed by atoms with E-state index in [2.05, 4.69) is 9.97 Å². The number of carboxylic acid groups (broad SMARTS) is 1. The zero-order chi connectivity index (χ0) is 14.7. The molecule has 5 nitrogen and oxygen atoms in total. The lowest BCUT2D eigenvalue weighted by atomic mass is 10.1. The summed E-state index contributed by atoms with van der Waals surface area (Å²) in [5.41, 5.74) is 1.15. The average Bonchev–Trinajstić information content (AvgIpc) is 2.93. The number of hydrogen-bond acceptors (Lipinski definition) is 5. The van der Waals surface area contributed by atoms with Gasteiger partial charge in [0.25, 0.3) is 5.19 Å². The van der Waals surface area contributed by atoms with Crippen molar-refractivity contribution in [2.24, 2.45) is 0 Å². The van der Waals surface area contributed by atoms with Crippen molar-refractivity contribution in [1.29, 1.82) is 0 Å². The fourth-order valence-electron chi connectivity index (χ4n) is 1.79. The van der Waals surface area contributed by atoms with Gasteiger partial charge in [0, 0.05) is 11.8 Å². The summed E-state index contributed by atoms with van der Waals surface area (Å²) in [6, 6.07) is 12.6. The van der Waals surface area contributed by atoms with Crippen LogP contribution in [0, 0.1) is 0 Å². The van der Waals surface area contributed by atoms with Crippen molar-refractivity contribution in [3.63, 3.8) is 0 Å². The van der Waals surface area contributed by atoms with Crippen LogP contribution in [0.1, 0.15) is 9.67 Å². The molecule has 0 atom stereocenters. The third-order valence-corrected chi connectivity index (χ3v) is 3.61. The Balaban J connectivity index is 1.99. The lowest BCUT2D eigenvalue weighted by molar-refractivity contribution is 0.0702. The van der Waals surface area contributed by atoms with Gasteiger partial charge in [-0.2, -0.15) is 0 Å². The number of ether oxygens (including phenoxy) is 1. The number of carboxylic acids is 1. The monoisotopic (exact) mass is 298 g/mol. The molecule has 0 amide bonds. The van der Waals surface area contributed by atoms with E-state index in [1.165, 1.54) is 0 Å². The van der Waals surface area contributed by atoms with E-state index in [9.17, 15) is 9.90 Å². The molecular formula is C15H10N2O3S. The van der Waals surface area contributed by atoms with E-state index >= 15 is 0 Å². The van der Waals surface area contributed by atoms with Crippen LogP contribution in [0.3, 0.4) is 0 Å². The summed E-state index contributed by atoms with van der Waals surface area (Å²) >= 11 is 0.997. The quantitative estimate of drug-likeness (QED) is 0.795. The minimum absolute atomic E-state index is 0.153. The highest BCUT2D eigenvalue weighted by atomic mass is 32.1. The van der Waals surface area contributed by atoms with Gasteiger partial charge >= 0.3 is 5.97 Å². The van der Waals surface area contributed by atoms with Crippen LogP contribution in [0.2, 0.25) is 0 Å². The van der Waals surface area contributed by atoms with Crippen LogP contribution < -0.4 is 4.74 Å². The summed E-state index contributed by atoms with van der Waals surface area (Å²) in [5, 5.41) is 9.59. The summed E-state index contributed by atoms with van der Waals surface area (Å²) in [7, 11) is 0. The van der Waals surface area contributed by atoms with Gasteiger partial charge in [0.15, 0.2) is 0 Å². The highest BCUT2D eigenvalue weighted by molar-refractivity contribution is 7.15. The van der Waals surface area contributed by atoms with Gasteiger partial charge in [-0.25, -0.2) is 9.78 Å². The van der Waals surface area contributed by atoms with E-state index in [1.807, 2.05) is 30.3 Å². The summed E-state index contributed by atoms with van der Waals surface area (Å²) in [5.74, 6) is -0.504. The van der Waals surface area contributed by atoms with Crippen LogP contribution in [-0.4, -0.2) is 21.0 Å². The Hall–Kier alpha value is -2.73. The first-order valence-electron chi connectivity index (χ1n) is 6.11. The molecule has 0 saturated carbocycles. The second-order valence-corrected chi connectivity index (χ2v) is 5.08. The lowest BCUT2D eigenvalue weighted by Crippen LogP contribution is -1.95. The number of rotatable bonds is 4. The smallest absolute Gasteiger partial charge is 0.348 e. The van der Waals surface area contributed by atoms with Crippen LogP contribution in [0.25, 0.3) is 11.3 Å². The van der Waals surface area contributed by atoms with Crippen molar-refractivity contribution >= 4 is 17.3 Å². The van der Waals surface area contributed by atoms with Gasteiger partial charge < -0.3 is 9.84 Å². The van der Waals surface area contributed by atoms with Crippen LogP contribution in [-0.2, 0) is 0 Å². The van der Waals surface area contributed by atoms with Crippen molar-refractivity contribution in [2.75, 3.05) is 0 Å². The summed E-state index contributed by atoms with van der Waals surface area (Å²) < 4.78 is 5.55. The number of benzene rings is 1. The van der Waals surface area contributed by atoms with Gasteiger partial charge in [-0.05, 0) is 12.1 Å². The van der Waals surface area contributed by atoms with E-state index in [-0.39, 0.29) is 10.1 Å². The first-order valence-corrected chi connectivity index (χ1v) is 6.93. The van der Waals surface area contributed by atoms with E-state index < -0.39 is 5.97 Å². The van der Waals surface area contributed by atoms with Gasteiger partial charge in [-0.3, -0.25) is 4.98 Å². The molecule has 0 spiro atoms. The highest BCUT2D eigenvalue weighted by Crippen LogP contribution is 2.34. The number of aromatic carboxylic acids is 1. The second kappa shape index (κ2) is 5.72. The lowest BCUT2D eigenvalue weighted by Gasteiger charge is -1.99. The molecule has 3 aromatic rings. The molecule has 0 fully saturated rings. The maximum absolute atomic E-state index is 11.4. The number of thiazole rings is 1. The van der Waals surface area contributed by atoms with Gasteiger partial charge in [0.2, 0.25) is 0 Å². The molecule has 0 radical (unpaired) electrons. The number of hydrogen-bond donors (Lipinski definition) is 1. The topological polar surface area (TPSA) is 72.3 Å². The zero-order valence-corrected chi connectivity index (χ0v) is 11.6. The maximum Gasteiger partial charge on any atom is 0.348 e. The molecule has 0 aliphatic heterocycles. The molecule has 2 heterocycles. The van der Waals surface area contributed by atoms with Crippen molar-refractivity contribution in [1.82, 2.24) is 9.97 Å². The fraction of sp³-hybridized carbons (Fsp3) is 0. The molecule has 2 aromatic heterocycles. The third-order valence-electron chi connectivity index (χ3n) is 2.69. The SMILES string of the molecule is O=C(O)c1sc(Oc2cccnc2)nc1-c1ccccc1.